The minimum Gasteiger partial charge on any atom is -0.492 e. The number of hydrogen-bond donors (Lipinski definition) is 1. The van der Waals surface area contributed by atoms with Gasteiger partial charge in [0.05, 0.1) is 18.2 Å². The lowest BCUT2D eigenvalue weighted by molar-refractivity contribution is 0.0865. The third-order valence-corrected chi connectivity index (χ3v) is 3.52. The summed E-state index contributed by atoms with van der Waals surface area (Å²) >= 11 is 3.56. The molecule has 1 fully saturated rings. The van der Waals surface area contributed by atoms with E-state index in [1.807, 2.05) is 18.2 Å². The van der Waals surface area contributed by atoms with Gasteiger partial charge < -0.3 is 9.57 Å². The molecular weight excluding hydrogens is 270 g/mol. The summed E-state index contributed by atoms with van der Waals surface area (Å²) in [4.78, 5) is 4.84. The van der Waals surface area contributed by atoms with Crippen LogP contribution in [0.4, 0.5) is 0 Å². The first-order chi connectivity index (χ1) is 7.81. The topological polar surface area (TPSA) is 30.5 Å². The molecule has 3 nitrogen and oxygen atoms in total. The summed E-state index contributed by atoms with van der Waals surface area (Å²) in [7, 11) is 1.61. The Bertz CT molecular complexity index is 353. The largest absolute Gasteiger partial charge is 0.492 e. The molecule has 0 bridgehead atoms. The predicted octanol–water partition coefficient (Wildman–Crippen LogP) is 2.89. The van der Waals surface area contributed by atoms with Crippen molar-refractivity contribution in [3.05, 3.63) is 28.2 Å². The molecule has 2 rings (SSSR count). The van der Waals surface area contributed by atoms with Crippen LogP contribution >= 0.6 is 15.9 Å². The molecule has 0 heterocycles. The van der Waals surface area contributed by atoms with E-state index in [0.29, 0.717) is 6.54 Å². The molecule has 0 aliphatic heterocycles. The highest BCUT2D eigenvalue weighted by Gasteiger charge is 2.22. The molecule has 0 aromatic heterocycles. The summed E-state index contributed by atoms with van der Waals surface area (Å²) in [6, 6.07) is 6.03. The smallest absolute Gasteiger partial charge is 0.133 e. The number of hydrogen-bond acceptors (Lipinski definition) is 3. The van der Waals surface area contributed by atoms with Crippen LogP contribution in [0.2, 0.25) is 0 Å². The Kier molecular flexibility index (Phi) is 4.21. The van der Waals surface area contributed by atoms with Gasteiger partial charge in [0.15, 0.2) is 0 Å². The van der Waals surface area contributed by atoms with Gasteiger partial charge in [-0.25, -0.2) is 0 Å². The summed E-state index contributed by atoms with van der Waals surface area (Å²) < 4.78 is 6.78. The van der Waals surface area contributed by atoms with Gasteiger partial charge in [0.2, 0.25) is 0 Å². The van der Waals surface area contributed by atoms with Crippen molar-refractivity contribution in [3.8, 4) is 5.75 Å². The van der Waals surface area contributed by atoms with Crippen molar-refractivity contribution >= 4 is 15.9 Å². The third kappa shape index (κ3) is 3.20. The maximum atomic E-state index is 5.77. The zero-order valence-corrected chi connectivity index (χ0v) is 10.9. The second-order valence-electron chi connectivity index (χ2n) is 4.01. The van der Waals surface area contributed by atoms with E-state index in [0.717, 1.165) is 28.3 Å². The SMILES string of the molecule is CONCc1cccc(OCC2CC2)c1Br. The molecule has 0 radical (unpaired) electrons. The van der Waals surface area contributed by atoms with Crippen molar-refractivity contribution in [3.63, 3.8) is 0 Å². The number of rotatable bonds is 6. The number of ether oxygens (including phenoxy) is 1. The lowest BCUT2D eigenvalue weighted by atomic mass is 10.2. The molecule has 1 aromatic carbocycles. The Morgan fingerprint density at radius 1 is 1.44 bits per heavy atom. The van der Waals surface area contributed by atoms with Gasteiger partial charge in [-0.05, 0) is 46.3 Å². The molecule has 0 unspecified atom stereocenters. The fraction of sp³-hybridized carbons (Fsp3) is 0.500. The van der Waals surface area contributed by atoms with E-state index in [1.54, 1.807) is 7.11 Å². The van der Waals surface area contributed by atoms with E-state index in [9.17, 15) is 0 Å². The first-order valence-electron chi connectivity index (χ1n) is 5.47. The molecule has 1 N–H and O–H groups in total. The second-order valence-corrected chi connectivity index (χ2v) is 4.80. The minimum atomic E-state index is 0.664. The predicted molar refractivity (Wildman–Crippen MR) is 66.2 cm³/mol. The van der Waals surface area contributed by atoms with Crippen LogP contribution in [0.3, 0.4) is 0 Å². The van der Waals surface area contributed by atoms with Crippen molar-refractivity contribution in [2.24, 2.45) is 5.92 Å². The molecule has 1 aliphatic carbocycles. The Labute approximate surface area is 104 Å². The van der Waals surface area contributed by atoms with Crippen LogP contribution in [0.15, 0.2) is 22.7 Å². The van der Waals surface area contributed by atoms with E-state index < -0.39 is 0 Å². The van der Waals surface area contributed by atoms with Gasteiger partial charge >= 0.3 is 0 Å². The van der Waals surface area contributed by atoms with E-state index in [2.05, 4.69) is 21.4 Å². The number of nitrogens with one attached hydrogen (secondary N) is 1. The van der Waals surface area contributed by atoms with Crippen LogP contribution in [0, 0.1) is 5.92 Å². The summed E-state index contributed by atoms with van der Waals surface area (Å²) in [5.74, 6) is 1.69. The van der Waals surface area contributed by atoms with Gasteiger partial charge in [-0.15, -0.1) is 0 Å². The van der Waals surface area contributed by atoms with Crippen LogP contribution in [0.25, 0.3) is 0 Å². The fourth-order valence-electron chi connectivity index (χ4n) is 1.45. The molecule has 0 atom stereocenters. The summed E-state index contributed by atoms with van der Waals surface area (Å²) in [6.45, 7) is 1.50. The fourth-order valence-corrected chi connectivity index (χ4v) is 1.97. The number of halogens is 1. The molecule has 0 saturated heterocycles. The zero-order chi connectivity index (χ0) is 11.4. The summed E-state index contributed by atoms with van der Waals surface area (Å²) in [5.41, 5.74) is 3.96. The molecule has 0 spiro atoms. The van der Waals surface area contributed by atoms with Gasteiger partial charge in [-0.1, -0.05) is 12.1 Å². The Morgan fingerprint density at radius 2 is 2.25 bits per heavy atom. The quantitative estimate of drug-likeness (QED) is 0.816. The van der Waals surface area contributed by atoms with Gasteiger partial charge in [0, 0.05) is 6.54 Å². The van der Waals surface area contributed by atoms with E-state index in [4.69, 9.17) is 9.57 Å². The first kappa shape index (κ1) is 11.9. The normalized spacial score (nSPS) is 15.1. The Morgan fingerprint density at radius 3 is 2.94 bits per heavy atom. The van der Waals surface area contributed by atoms with E-state index in [-0.39, 0.29) is 0 Å². The maximum Gasteiger partial charge on any atom is 0.133 e. The maximum absolute atomic E-state index is 5.77. The van der Waals surface area contributed by atoms with Gasteiger partial charge in [0.1, 0.15) is 5.75 Å². The van der Waals surface area contributed by atoms with E-state index >= 15 is 0 Å². The highest BCUT2D eigenvalue weighted by molar-refractivity contribution is 9.10. The molecule has 4 heteroatoms. The van der Waals surface area contributed by atoms with Crippen LogP contribution in [0.5, 0.6) is 5.75 Å². The zero-order valence-electron chi connectivity index (χ0n) is 9.33. The minimum absolute atomic E-state index is 0.664. The monoisotopic (exact) mass is 285 g/mol. The molecule has 1 aromatic rings. The van der Waals surface area contributed by atoms with Crippen LogP contribution in [-0.2, 0) is 11.4 Å². The van der Waals surface area contributed by atoms with Gasteiger partial charge in [-0.3, -0.25) is 0 Å². The molecule has 1 saturated carbocycles. The van der Waals surface area contributed by atoms with Gasteiger partial charge in [0.25, 0.3) is 0 Å². The number of benzene rings is 1. The van der Waals surface area contributed by atoms with Crippen molar-refractivity contribution in [1.29, 1.82) is 0 Å². The average Bonchev–Trinajstić information content (AvgIpc) is 3.10. The Hall–Kier alpha value is -0.580. The highest BCUT2D eigenvalue weighted by Crippen LogP contribution is 2.33. The van der Waals surface area contributed by atoms with Crippen molar-refractivity contribution in [1.82, 2.24) is 5.48 Å². The lowest BCUT2D eigenvalue weighted by Gasteiger charge is -2.11. The molecule has 0 amide bonds. The standard InChI is InChI=1S/C12H16BrNO2/c1-15-14-7-10-3-2-4-11(12(10)13)16-8-9-5-6-9/h2-4,9,14H,5-8H2,1H3. The highest BCUT2D eigenvalue weighted by atomic mass is 79.9. The first-order valence-corrected chi connectivity index (χ1v) is 6.26. The summed E-state index contributed by atoms with van der Waals surface area (Å²) in [6.07, 6.45) is 2.62. The molecule has 1 aliphatic rings. The van der Waals surface area contributed by atoms with Crippen LogP contribution < -0.4 is 10.2 Å². The molecule has 88 valence electrons. The Balaban J connectivity index is 1.99. The second kappa shape index (κ2) is 5.66. The van der Waals surface area contributed by atoms with Crippen molar-refractivity contribution in [2.75, 3.05) is 13.7 Å². The van der Waals surface area contributed by atoms with Crippen molar-refractivity contribution < 1.29 is 9.57 Å². The van der Waals surface area contributed by atoms with Crippen LogP contribution in [0.1, 0.15) is 18.4 Å². The van der Waals surface area contributed by atoms with Crippen molar-refractivity contribution in [2.45, 2.75) is 19.4 Å². The lowest BCUT2D eigenvalue weighted by Crippen LogP contribution is -2.11. The van der Waals surface area contributed by atoms with Crippen LogP contribution in [-0.4, -0.2) is 13.7 Å². The molecular formula is C12H16BrNO2. The summed E-state index contributed by atoms with van der Waals surface area (Å²) in [5, 5.41) is 0. The van der Waals surface area contributed by atoms with E-state index in [1.165, 1.54) is 12.8 Å². The average molecular weight is 286 g/mol. The number of hydroxylamine groups is 1. The third-order valence-electron chi connectivity index (χ3n) is 2.62. The van der Waals surface area contributed by atoms with Gasteiger partial charge in [-0.2, -0.15) is 5.48 Å². The molecule has 16 heavy (non-hydrogen) atoms.